The number of carbonyl (C=O) groups is 2. The van der Waals surface area contributed by atoms with Crippen LogP contribution >= 0.6 is 0 Å². The maximum absolute atomic E-state index is 13.4. The molecule has 3 fully saturated rings. The molecule has 2 saturated carbocycles. The molecule has 2 aromatic rings. The third-order valence-corrected chi connectivity index (χ3v) is 6.71. The van der Waals surface area contributed by atoms with E-state index in [-0.39, 0.29) is 24.1 Å². The van der Waals surface area contributed by atoms with Crippen LogP contribution in [0, 0.1) is 0 Å². The first-order chi connectivity index (χ1) is 15.2. The van der Waals surface area contributed by atoms with E-state index in [9.17, 15) is 9.59 Å². The van der Waals surface area contributed by atoms with Crippen LogP contribution in [0.4, 0.5) is 4.79 Å². The molecule has 0 atom stereocenters. The molecule has 1 saturated heterocycles. The van der Waals surface area contributed by atoms with Gasteiger partial charge in [0.2, 0.25) is 0 Å². The standard InChI is InChI=1S/C24H29N3O4/c28-23(18-7-5-17(6-8-18)22-15-25-16-30-22)27(19-9-10-19)20-11-13-26(14-12-20)24(29)31-21-3-1-2-4-21/h5-8,15-16,19-21H,1-4,9-14H2. The second kappa shape index (κ2) is 8.73. The summed E-state index contributed by atoms with van der Waals surface area (Å²) < 4.78 is 11.0. The molecule has 2 amide bonds. The average molecular weight is 424 g/mol. The van der Waals surface area contributed by atoms with Crippen LogP contribution in [-0.4, -0.2) is 58.1 Å². The number of aromatic nitrogens is 1. The number of hydrogen-bond acceptors (Lipinski definition) is 5. The summed E-state index contributed by atoms with van der Waals surface area (Å²) >= 11 is 0. The summed E-state index contributed by atoms with van der Waals surface area (Å²) in [5.41, 5.74) is 1.60. The van der Waals surface area contributed by atoms with Crippen molar-refractivity contribution in [1.29, 1.82) is 0 Å². The number of amides is 2. The Kier molecular flexibility index (Phi) is 5.66. The number of hydrogen-bond donors (Lipinski definition) is 0. The Bertz CT molecular complexity index is 893. The number of nitrogens with zero attached hydrogens (tertiary/aromatic N) is 3. The third kappa shape index (κ3) is 4.45. The lowest BCUT2D eigenvalue weighted by molar-refractivity contribution is 0.0407. The molecule has 0 N–H and O–H groups in total. The van der Waals surface area contributed by atoms with Gasteiger partial charge in [0.1, 0.15) is 6.10 Å². The van der Waals surface area contributed by atoms with Gasteiger partial charge in [0.05, 0.1) is 6.20 Å². The van der Waals surface area contributed by atoms with Gasteiger partial charge in [-0.25, -0.2) is 9.78 Å². The van der Waals surface area contributed by atoms with E-state index in [0.717, 1.165) is 56.9 Å². The topological polar surface area (TPSA) is 75.9 Å². The molecular formula is C24H29N3O4. The van der Waals surface area contributed by atoms with Crippen molar-refractivity contribution < 1.29 is 18.7 Å². The highest BCUT2D eigenvalue weighted by molar-refractivity contribution is 5.95. The van der Waals surface area contributed by atoms with E-state index < -0.39 is 0 Å². The molecule has 1 aromatic carbocycles. The van der Waals surface area contributed by atoms with Crippen molar-refractivity contribution in [3.8, 4) is 11.3 Å². The van der Waals surface area contributed by atoms with Crippen molar-refractivity contribution in [3.05, 3.63) is 42.4 Å². The van der Waals surface area contributed by atoms with Crippen LogP contribution in [0.25, 0.3) is 11.3 Å². The Labute approximate surface area is 182 Å². The number of likely N-dealkylation sites (tertiary alicyclic amines) is 1. The summed E-state index contributed by atoms with van der Waals surface area (Å²) in [6, 6.07) is 8.03. The highest BCUT2D eigenvalue weighted by Gasteiger charge is 2.39. The first kappa shape index (κ1) is 20.1. The van der Waals surface area contributed by atoms with Crippen molar-refractivity contribution >= 4 is 12.0 Å². The van der Waals surface area contributed by atoms with Gasteiger partial charge in [-0.05, 0) is 63.5 Å². The van der Waals surface area contributed by atoms with Gasteiger partial charge < -0.3 is 19.0 Å². The third-order valence-electron chi connectivity index (χ3n) is 6.71. The Morgan fingerprint density at radius 3 is 2.26 bits per heavy atom. The van der Waals surface area contributed by atoms with E-state index in [1.807, 2.05) is 29.2 Å². The van der Waals surface area contributed by atoms with Crippen molar-refractivity contribution in [3.63, 3.8) is 0 Å². The fourth-order valence-corrected chi connectivity index (χ4v) is 4.82. The molecule has 7 heteroatoms. The molecule has 2 heterocycles. The van der Waals surface area contributed by atoms with Gasteiger partial charge in [0.25, 0.3) is 5.91 Å². The molecule has 0 bridgehead atoms. The Balaban J connectivity index is 1.21. The number of oxazole rings is 1. The lowest BCUT2D eigenvalue weighted by Crippen LogP contribution is -2.50. The van der Waals surface area contributed by atoms with Crippen molar-refractivity contribution in [2.45, 2.75) is 69.6 Å². The first-order valence-electron chi connectivity index (χ1n) is 11.5. The maximum Gasteiger partial charge on any atom is 0.410 e. The fraction of sp³-hybridized carbons (Fsp3) is 0.542. The molecule has 0 unspecified atom stereocenters. The monoisotopic (exact) mass is 423 g/mol. The second-order valence-electron chi connectivity index (χ2n) is 8.90. The molecule has 164 valence electrons. The summed E-state index contributed by atoms with van der Waals surface area (Å²) in [6.07, 6.45) is 11.0. The number of rotatable bonds is 5. The normalized spacial score (nSPS) is 20.1. The van der Waals surface area contributed by atoms with E-state index in [2.05, 4.69) is 9.88 Å². The smallest absolute Gasteiger partial charge is 0.410 e. The molecule has 3 aliphatic rings. The Morgan fingerprint density at radius 1 is 0.968 bits per heavy atom. The molecular weight excluding hydrogens is 394 g/mol. The molecule has 31 heavy (non-hydrogen) atoms. The van der Waals surface area contributed by atoms with Crippen LogP contribution in [0.1, 0.15) is 61.7 Å². The number of carbonyl (C=O) groups excluding carboxylic acids is 2. The van der Waals surface area contributed by atoms with Gasteiger partial charge in [0, 0.05) is 36.3 Å². The van der Waals surface area contributed by atoms with Crippen molar-refractivity contribution in [2.75, 3.05) is 13.1 Å². The van der Waals surface area contributed by atoms with Crippen LogP contribution < -0.4 is 0 Å². The van der Waals surface area contributed by atoms with Crippen LogP contribution in [0.15, 0.2) is 41.3 Å². The Hall–Kier alpha value is -2.83. The highest BCUT2D eigenvalue weighted by Crippen LogP contribution is 2.34. The predicted molar refractivity (Wildman–Crippen MR) is 114 cm³/mol. The van der Waals surface area contributed by atoms with Crippen LogP contribution in [0.2, 0.25) is 0 Å². The van der Waals surface area contributed by atoms with Crippen molar-refractivity contribution in [1.82, 2.24) is 14.8 Å². The number of ether oxygens (including phenoxy) is 1. The summed E-state index contributed by atoms with van der Waals surface area (Å²) in [5, 5.41) is 0. The lowest BCUT2D eigenvalue weighted by atomic mass is 10.0. The van der Waals surface area contributed by atoms with E-state index in [4.69, 9.17) is 9.15 Å². The molecule has 2 aliphatic carbocycles. The molecule has 5 rings (SSSR count). The van der Waals surface area contributed by atoms with Gasteiger partial charge in [-0.1, -0.05) is 12.1 Å². The zero-order valence-electron chi connectivity index (χ0n) is 17.7. The van der Waals surface area contributed by atoms with E-state index in [0.29, 0.717) is 30.5 Å². The minimum atomic E-state index is -0.183. The summed E-state index contributed by atoms with van der Waals surface area (Å²) in [5.74, 6) is 0.772. The second-order valence-corrected chi connectivity index (χ2v) is 8.90. The summed E-state index contributed by atoms with van der Waals surface area (Å²) in [7, 11) is 0. The quantitative estimate of drug-likeness (QED) is 0.708. The van der Waals surface area contributed by atoms with E-state index >= 15 is 0 Å². The molecule has 0 radical (unpaired) electrons. The molecule has 1 aromatic heterocycles. The maximum atomic E-state index is 13.4. The zero-order chi connectivity index (χ0) is 21.2. The van der Waals surface area contributed by atoms with E-state index in [1.54, 1.807) is 6.20 Å². The Morgan fingerprint density at radius 2 is 1.65 bits per heavy atom. The molecule has 7 nitrogen and oxygen atoms in total. The number of piperidine rings is 1. The minimum Gasteiger partial charge on any atom is -0.446 e. The van der Waals surface area contributed by atoms with Gasteiger partial charge in [-0.2, -0.15) is 0 Å². The van der Waals surface area contributed by atoms with Crippen LogP contribution in [0.3, 0.4) is 0 Å². The van der Waals surface area contributed by atoms with Gasteiger partial charge in [0.15, 0.2) is 12.2 Å². The highest BCUT2D eigenvalue weighted by atomic mass is 16.6. The van der Waals surface area contributed by atoms with Gasteiger partial charge >= 0.3 is 6.09 Å². The van der Waals surface area contributed by atoms with E-state index in [1.165, 1.54) is 6.39 Å². The van der Waals surface area contributed by atoms with Crippen LogP contribution in [-0.2, 0) is 4.74 Å². The lowest BCUT2D eigenvalue weighted by Gasteiger charge is -2.38. The predicted octanol–water partition coefficient (Wildman–Crippen LogP) is 4.49. The minimum absolute atomic E-state index is 0.0820. The molecule has 0 spiro atoms. The number of benzene rings is 1. The fourth-order valence-electron chi connectivity index (χ4n) is 4.82. The molecule has 1 aliphatic heterocycles. The van der Waals surface area contributed by atoms with Crippen molar-refractivity contribution in [2.24, 2.45) is 0 Å². The summed E-state index contributed by atoms with van der Waals surface area (Å²) in [6.45, 7) is 1.30. The summed E-state index contributed by atoms with van der Waals surface area (Å²) in [4.78, 5) is 33.7. The van der Waals surface area contributed by atoms with Gasteiger partial charge in [-0.3, -0.25) is 4.79 Å². The average Bonchev–Trinajstić information content (AvgIpc) is 3.25. The first-order valence-corrected chi connectivity index (χ1v) is 11.5. The zero-order valence-corrected chi connectivity index (χ0v) is 17.7. The van der Waals surface area contributed by atoms with Gasteiger partial charge in [-0.15, -0.1) is 0 Å². The van der Waals surface area contributed by atoms with Crippen LogP contribution in [0.5, 0.6) is 0 Å². The largest absolute Gasteiger partial charge is 0.446 e. The SMILES string of the molecule is O=C(OC1CCCC1)N1CCC(N(C(=O)c2ccc(-c3cnco3)cc2)C2CC2)CC1.